The van der Waals surface area contributed by atoms with Gasteiger partial charge >= 0.3 is 0 Å². The molecule has 0 spiro atoms. The number of rotatable bonds is 3. The highest BCUT2D eigenvalue weighted by molar-refractivity contribution is 6.74. The smallest absolute Gasteiger partial charge is 0.191 e. The predicted octanol–water partition coefficient (Wildman–Crippen LogP) is 3.85. The van der Waals surface area contributed by atoms with Crippen molar-refractivity contribution in [2.45, 2.75) is 51.7 Å². The van der Waals surface area contributed by atoms with E-state index in [4.69, 9.17) is 4.43 Å². The second-order valence-corrected chi connectivity index (χ2v) is 12.1. The fourth-order valence-corrected chi connectivity index (χ4v) is 3.34. The molecule has 4 heteroatoms. The van der Waals surface area contributed by atoms with E-state index >= 15 is 0 Å². The topological polar surface area (TPSA) is 39.2 Å². The van der Waals surface area contributed by atoms with Crippen LogP contribution in [-0.2, 0) is 10.8 Å². The summed E-state index contributed by atoms with van der Waals surface area (Å²) in [7, 11) is -1.73. The third-order valence-corrected chi connectivity index (χ3v) is 9.12. The van der Waals surface area contributed by atoms with Gasteiger partial charge in [0.1, 0.15) is 5.69 Å². The molecule has 0 fully saturated rings. The van der Waals surface area contributed by atoms with Crippen molar-refractivity contribution < 1.29 is 9.22 Å². The van der Waals surface area contributed by atoms with E-state index in [1.807, 2.05) is 12.1 Å². The van der Waals surface area contributed by atoms with E-state index in [1.54, 1.807) is 6.20 Å². The summed E-state index contributed by atoms with van der Waals surface area (Å²) in [4.78, 5) is 16.3. The van der Waals surface area contributed by atoms with E-state index in [0.29, 0.717) is 24.6 Å². The maximum atomic E-state index is 12.1. The first-order chi connectivity index (χ1) is 9.21. The molecule has 110 valence electrons. The van der Waals surface area contributed by atoms with Crippen LogP contribution in [0.3, 0.4) is 0 Å². The van der Waals surface area contributed by atoms with Crippen LogP contribution >= 0.6 is 0 Å². The summed E-state index contributed by atoms with van der Waals surface area (Å²) in [6, 6.07) is 3.92. The summed E-state index contributed by atoms with van der Waals surface area (Å²) in [6.07, 6.45) is 3.17. The lowest BCUT2D eigenvalue weighted by Gasteiger charge is -2.37. The minimum absolute atomic E-state index is 0.163. The summed E-state index contributed by atoms with van der Waals surface area (Å²) in [6.45, 7) is 11.9. The molecule has 1 unspecified atom stereocenters. The SMILES string of the molecule is CC(C)(C)[Si](C)(C)OCC1CC(=O)c2ncccc2C1. The summed E-state index contributed by atoms with van der Waals surface area (Å²) in [5.41, 5.74) is 1.74. The zero-order valence-corrected chi connectivity index (χ0v) is 14.2. The van der Waals surface area contributed by atoms with E-state index in [1.165, 1.54) is 0 Å². The molecule has 1 aliphatic rings. The Morgan fingerprint density at radius 1 is 1.35 bits per heavy atom. The molecule has 0 bridgehead atoms. The third-order valence-electron chi connectivity index (χ3n) is 4.62. The highest BCUT2D eigenvalue weighted by atomic mass is 28.4. The lowest BCUT2D eigenvalue weighted by Crippen LogP contribution is -2.42. The van der Waals surface area contributed by atoms with Gasteiger partial charge < -0.3 is 4.43 Å². The van der Waals surface area contributed by atoms with Crippen molar-refractivity contribution in [2.24, 2.45) is 5.92 Å². The Bertz CT molecular complexity index is 505. The lowest BCUT2D eigenvalue weighted by molar-refractivity contribution is 0.0916. The summed E-state index contributed by atoms with van der Waals surface area (Å²) >= 11 is 0. The average Bonchev–Trinajstić information content (AvgIpc) is 2.35. The zero-order chi connectivity index (χ0) is 15.0. The number of fused-ring (bicyclic) bond motifs is 1. The molecule has 20 heavy (non-hydrogen) atoms. The molecule has 0 saturated carbocycles. The molecular formula is C16H25NO2Si. The molecule has 1 aromatic rings. The zero-order valence-electron chi connectivity index (χ0n) is 13.2. The monoisotopic (exact) mass is 291 g/mol. The van der Waals surface area contributed by atoms with Crippen LogP contribution in [0.4, 0.5) is 0 Å². The highest BCUT2D eigenvalue weighted by Crippen LogP contribution is 2.37. The first-order valence-electron chi connectivity index (χ1n) is 7.32. The first kappa shape index (κ1) is 15.4. The van der Waals surface area contributed by atoms with Crippen molar-refractivity contribution in [1.29, 1.82) is 0 Å². The molecule has 0 radical (unpaired) electrons. The molecule has 0 N–H and O–H groups in total. The van der Waals surface area contributed by atoms with Crippen molar-refractivity contribution in [3.8, 4) is 0 Å². The number of hydrogen-bond donors (Lipinski definition) is 0. The number of carbonyl (C=O) groups is 1. The average molecular weight is 291 g/mol. The van der Waals surface area contributed by atoms with Crippen LogP contribution in [0.5, 0.6) is 0 Å². The minimum Gasteiger partial charge on any atom is -0.417 e. The lowest BCUT2D eigenvalue weighted by atomic mass is 9.86. The minimum atomic E-state index is -1.73. The molecule has 3 nitrogen and oxygen atoms in total. The Hall–Kier alpha value is -1.00. The molecule has 1 heterocycles. The van der Waals surface area contributed by atoms with Crippen LogP contribution < -0.4 is 0 Å². The van der Waals surface area contributed by atoms with Gasteiger partial charge in [-0.15, -0.1) is 0 Å². The molecule has 1 aromatic heterocycles. The standard InChI is InChI=1S/C16H25NO2Si/c1-16(2,3)20(4,5)19-11-12-9-13-7-6-8-17-15(13)14(18)10-12/h6-8,12H,9-11H2,1-5H3. The van der Waals surface area contributed by atoms with Gasteiger partial charge in [0.25, 0.3) is 0 Å². The quantitative estimate of drug-likeness (QED) is 0.794. The van der Waals surface area contributed by atoms with Crippen molar-refractivity contribution in [3.05, 3.63) is 29.6 Å². The van der Waals surface area contributed by atoms with Crippen LogP contribution in [-0.4, -0.2) is 25.7 Å². The van der Waals surface area contributed by atoms with Gasteiger partial charge in [0.2, 0.25) is 0 Å². The Balaban J connectivity index is 2.02. The second-order valence-electron chi connectivity index (χ2n) is 7.28. The fraction of sp³-hybridized carbons (Fsp3) is 0.625. The van der Waals surface area contributed by atoms with Crippen LogP contribution in [0.25, 0.3) is 0 Å². The van der Waals surface area contributed by atoms with Gasteiger partial charge in [-0.25, -0.2) is 0 Å². The molecule has 1 atom stereocenters. The van der Waals surface area contributed by atoms with Gasteiger partial charge in [0.15, 0.2) is 14.1 Å². The van der Waals surface area contributed by atoms with Crippen molar-refractivity contribution >= 4 is 14.1 Å². The van der Waals surface area contributed by atoms with Crippen LogP contribution in [0.2, 0.25) is 18.1 Å². The molecule has 0 aromatic carbocycles. The maximum absolute atomic E-state index is 12.1. The van der Waals surface area contributed by atoms with Gasteiger partial charge in [0.05, 0.1) is 0 Å². The van der Waals surface area contributed by atoms with Gasteiger partial charge in [-0.05, 0) is 42.1 Å². The van der Waals surface area contributed by atoms with Gasteiger partial charge in [0, 0.05) is 19.2 Å². The number of Topliss-reactive ketones (excluding diaryl/α,β-unsaturated/α-hetero) is 1. The normalized spacial score (nSPS) is 19.9. The third kappa shape index (κ3) is 3.18. The van der Waals surface area contributed by atoms with E-state index in [2.05, 4.69) is 38.8 Å². The first-order valence-corrected chi connectivity index (χ1v) is 10.2. The summed E-state index contributed by atoms with van der Waals surface area (Å²) < 4.78 is 6.26. The molecule has 0 amide bonds. The molecule has 0 saturated heterocycles. The second kappa shape index (κ2) is 5.41. The van der Waals surface area contributed by atoms with Crippen molar-refractivity contribution in [1.82, 2.24) is 4.98 Å². The maximum Gasteiger partial charge on any atom is 0.191 e. The molecule has 1 aliphatic carbocycles. The van der Waals surface area contributed by atoms with E-state index < -0.39 is 8.32 Å². The van der Waals surface area contributed by atoms with Crippen molar-refractivity contribution in [2.75, 3.05) is 6.61 Å². The summed E-state index contributed by atoms with van der Waals surface area (Å²) in [5, 5.41) is 0.213. The number of carbonyl (C=O) groups excluding carboxylic acids is 1. The Kier molecular flexibility index (Phi) is 4.16. The Morgan fingerprint density at radius 3 is 2.70 bits per heavy atom. The van der Waals surface area contributed by atoms with E-state index in [-0.39, 0.29) is 10.8 Å². The van der Waals surface area contributed by atoms with Gasteiger partial charge in [-0.1, -0.05) is 26.8 Å². The van der Waals surface area contributed by atoms with Gasteiger partial charge in [-0.3, -0.25) is 9.78 Å². The number of pyridine rings is 1. The largest absolute Gasteiger partial charge is 0.417 e. The van der Waals surface area contributed by atoms with Crippen LogP contribution in [0.1, 0.15) is 43.2 Å². The predicted molar refractivity (Wildman–Crippen MR) is 83.5 cm³/mol. The van der Waals surface area contributed by atoms with Crippen LogP contribution in [0, 0.1) is 5.92 Å². The molecular weight excluding hydrogens is 266 g/mol. The molecule has 2 rings (SSSR count). The molecule has 0 aliphatic heterocycles. The number of aromatic nitrogens is 1. The van der Waals surface area contributed by atoms with Crippen molar-refractivity contribution in [3.63, 3.8) is 0 Å². The Labute approximate surface area is 122 Å². The van der Waals surface area contributed by atoms with E-state index in [0.717, 1.165) is 12.0 Å². The number of nitrogens with zero attached hydrogens (tertiary/aromatic N) is 1. The highest BCUT2D eigenvalue weighted by Gasteiger charge is 2.38. The number of ketones is 1. The Morgan fingerprint density at radius 2 is 2.05 bits per heavy atom. The van der Waals surface area contributed by atoms with E-state index in [9.17, 15) is 4.79 Å². The summed E-state index contributed by atoms with van der Waals surface area (Å²) in [5.74, 6) is 0.462. The number of hydrogen-bond acceptors (Lipinski definition) is 3. The fourth-order valence-electron chi connectivity index (χ4n) is 2.26. The van der Waals surface area contributed by atoms with Crippen LogP contribution in [0.15, 0.2) is 18.3 Å². The van der Waals surface area contributed by atoms with Gasteiger partial charge in [-0.2, -0.15) is 0 Å².